The predicted octanol–water partition coefficient (Wildman–Crippen LogP) is 3.60. The summed E-state index contributed by atoms with van der Waals surface area (Å²) in [6, 6.07) is 20.3. The Morgan fingerprint density at radius 3 is 2.09 bits per heavy atom. The van der Waals surface area contributed by atoms with E-state index in [2.05, 4.69) is 5.32 Å². The molecular weight excluding hydrogens is 436 g/mol. The third-order valence-corrected chi connectivity index (χ3v) is 5.47. The lowest BCUT2D eigenvalue weighted by Gasteiger charge is -2.24. The van der Waals surface area contributed by atoms with Crippen LogP contribution in [-0.2, 0) is 14.3 Å². The van der Waals surface area contributed by atoms with Crippen LogP contribution < -0.4 is 10.1 Å². The molecule has 0 aromatic heterocycles. The van der Waals surface area contributed by atoms with E-state index in [1.54, 1.807) is 66.7 Å². The molecule has 4 rings (SSSR count). The number of carbonyl (C=O) groups excluding carboxylic acids is 4. The molecule has 3 aromatic rings. The van der Waals surface area contributed by atoms with Gasteiger partial charge < -0.3 is 14.8 Å². The van der Waals surface area contributed by atoms with Gasteiger partial charge in [-0.25, -0.2) is 4.79 Å². The number of methoxy groups -OCH3 is 1. The Kier molecular flexibility index (Phi) is 6.40. The number of esters is 1. The van der Waals surface area contributed by atoms with Gasteiger partial charge in [-0.1, -0.05) is 48.5 Å². The lowest BCUT2D eigenvalue weighted by molar-refractivity contribution is -0.158. The first kappa shape index (κ1) is 22.7. The van der Waals surface area contributed by atoms with Gasteiger partial charge in [0.25, 0.3) is 17.7 Å². The molecule has 1 N–H and O–H groups in total. The predicted molar refractivity (Wildman–Crippen MR) is 123 cm³/mol. The van der Waals surface area contributed by atoms with Gasteiger partial charge in [0, 0.05) is 17.3 Å². The summed E-state index contributed by atoms with van der Waals surface area (Å²) < 4.78 is 10.7. The van der Waals surface area contributed by atoms with Crippen molar-refractivity contribution in [2.75, 3.05) is 12.4 Å². The van der Waals surface area contributed by atoms with Crippen molar-refractivity contribution in [2.24, 2.45) is 0 Å². The molecule has 0 saturated heterocycles. The largest absolute Gasteiger partial charge is 0.497 e. The Balaban J connectivity index is 1.56. The van der Waals surface area contributed by atoms with Crippen molar-refractivity contribution >= 4 is 29.4 Å². The van der Waals surface area contributed by atoms with Gasteiger partial charge in [-0.05, 0) is 31.2 Å². The molecule has 0 bridgehead atoms. The third-order valence-electron chi connectivity index (χ3n) is 5.47. The molecule has 2 unspecified atom stereocenters. The molecule has 8 heteroatoms. The minimum Gasteiger partial charge on any atom is -0.497 e. The van der Waals surface area contributed by atoms with Crippen LogP contribution in [0.25, 0.3) is 0 Å². The number of hydrogen-bond donors (Lipinski definition) is 1. The van der Waals surface area contributed by atoms with E-state index in [0.29, 0.717) is 17.0 Å². The fraction of sp³-hybridized carbons (Fsp3) is 0.154. The highest BCUT2D eigenvalue weighted by atomic mass is 16.5. The summed E-state index contributed by atoms with van der Waals surface area (Å²) in [6.07, 6.45) is -1.31. The van der Waals surface area contributed by atoms with Gasteiger partial charge in [-0.2, -0.15) is 0 Å². The van der Waals surface area contributed by atoms with E-state index < -0.39 is 35.8 Å². The summed E-state index contributed by atoms with van der Waals surface area (Å²) in [5.74, 6) is -2.10. The second-order valence-electron chi connectivity index (χ2n) is 7.65. The molecule has 34 heavy (non-hydrogen) atoms. The van der Waals surface area contributed by atoms with Gasteiger partial charge >= 0.3 is 5.97 Å². The molecule has 0 aliphatic carbocycles. The topological polar surface area (TPSA) is 102 Å². The van der Waals surface area contributed by atoms with E-state index in [4.69, 9.17) is 9.47 Å². The number of carbonyl (C=O) groups is 4. The molecule has 1 aliphatic rings. The summed E-state index contributed by atoms with van der Waals surface area (Å²) in [7, 11) is 1.51. The number of anilines is 1. The molecule has 3 amide bonds. The zero-order valence-electron chi connectivity index (χ0n) is 18.6. The maximum Gasteiger partial charge on any atom is 0.330 e. The molecule has 0 spiro atoms. The first-order valence-electron chi connectivity index (χ1n) is 10.6. The molecule has 0 saturated carbocycles. The number of imide groups is 1. The maximum absolute atomic E-state index is 13.1. The van der Waals surface area contributed by atoms with E-state index in [1.165, 1.54) is 26.2 Å². The smallest absolute Gasteiger partial charge is 0.330 e. The lowest BCUT2D eigenvalue weighted by atomic mass is 10.1. The van der Waals surface area contributed by atoms with Crippen LogP contribution in [-0.4, -0.2) is 41.7 Å². The van der Waals surface area contributed by atoms with E-state index in [1.807, 2.05) is 0 Å². The third kappa shape index (κ3) is 4.38. The Morgan fingerprint density at radius 1 is 0.853 bits per heavy atom. The average Bonchev–Trinajstić information content (AvgIpc) is 3.12. The normalized spacial score (nSPS) is 14.2. The fourth-order valence-corrected chi connectivity index (χ4v) is 3.69. The number of amides is 3. The molecule has 0 radical (unpaired) electrons. The van der Waals surface area contributed by atoms with Crippen molar-refractivity contribution in [3.05, 3.63) is 95.6 Å². The minimum atomic E-state index is -1.31. The molecule has 8 nitrogen and oxygen atoms in total. The number of fused-ring (bicyclic) bond motifs is 1. The second kappa shape index (κ2) is 9.58. The van der Waals surface area contributed by atoms with Crippen molar-refractivity contribution in [1.82, 2.24) is 4.90 Å². The maximum atomic E-state index is 13.1. The lowest BCUT2D eigenvalue weighted by Crippen LogP contribution is -2.44. The molecule has 1 aliphatic heterocycles. The number of ether oxygens (including phenoxy) is 2. The summed E-state index contributed by atoms with van der Waals surface area (Å²) >= 11 is 0. The first-order chi connectivity index (χ1) is 16.4. The van der Waals surface area contributed by atoms with Crippen molar-refractivity contribution in [3.8, 4) is 5.75 Å². The summed E-state index contributed by atoms with van der Waals surface area (Å²) in [5.41, 5.74) is 1.34. The van der Waals surface area contributed by atoms with Crippen molar-refractivity contribution < 1.29 is 28.7 Å². The van der Waals surface area contributed by atoms with Crippen LogP contribution in [0, 0.1) is 0 Å². The molecule has 1 heterocycles. The Morgan fingerprint density at radius 2 is 1.47 bits per heavy atom. The number of nitrogens with zero attached hydrogens (tertiary/aromatic N) is 1. The molecule has 2 atom stereocenters. The first-order valence-corrected chi connectivity index (χ1v) is 10.6. The molecule has 172 valence electrons. The molecule has 3 aromatic carbocycles. The van der Waals surface area contributed by atoms with E-state index in [0.717, 1.165) is 4.90 Å². The summed E-state index contributed by atoms with van der Waals surface area (Å²) in [5, 5.41) is 2.72. The number of nitrogens with one attached hydrogen (secondary N) is 1. The van der Waals surface area contributed by atoms with E-state index in [9.17, 15) is 19.2 Å². The zero-order chi connectivity index (χ0) is 24.2. The highest BCUT2D eigenvalue weighted by molar-refractivity contribution is 6.22. The van der Waals surface area contributed by atoms with Gasteiger partial charge in [0.15, 0.2) is 0 Å². The van der Waals surface area contributed by atoms with Crippen LogP contribution in [0.15, 0.2) is 78.9 Å². The number of hydrogen-bond acceptors (Lipinski definition) is 6. The number of rotatable bonds is 7. The molecular formula is C26H22N2O6. The van der Waals surface area contributed by atoms with Gasteiger partial charge in [-0.15, -0.1) is 0 Å². The van der Waals surface area contributed by atoms with Crippen molar-refractivity contribution in [3.63, 3.8) is 0 Å². The monoisotopic (exact) mass is 458 g/mol. The van der Waals surface area contributed by atoms with Crippen molar-refractivity contribution in [2.45, 2.75) is 19.1 Å². The Hall–Kier alpha value is -4.46. The highest BCUT2D eigenvalue weighted by Crippen LogP contribution is 2.27. The van der Waals surface area contributed by atoms with Gasteiger partial charge in [-0.3, -0.25) is 19.3 Å². The van der Waals surface area contributed by atoms with Crippen LogP contribution in [0.4, 0.5) is 5.69 Å². The van der Waals surface area contributed by atoms with Crippen molar-refractivity contribution in [1.29, 1.82) is 0 Å². The second-order valence-corrected chi connectivity index (χ2v) is 7.65. The van der Waals surface area contributed by atoms with Crippen LogP contribution in [0.1, 0.15) is 39.3 Å². The fourth-order valence-electron chi connectivity index (χ4n) is 3.69. The Labute approximate surface area is 196 Å². The minimum absolute atomic E-state index is 0.225. The van der Waals surface area contributed by atoms with Gasteiger partial charge in [0.1, 0.15) is 11.8 Å². The summed E-state index contributed by atoms with van der Waals surface area (Å²) in [4.78, 5) is 52.5. The molecule has 0 fully saturated rings. The van der Waals surface area contributed by atoms with Crippen LogP contribution in [0.3, 0.4) is 0 Å². The summed E-state index contributed by atoms with van der Waals surface area (Å²) in [6.45, 7) is 1.39. The van der Waals surface area contributed by atoms with E-state index in [-0.39, 0.29) is 11.1 Å². The quantitative estimate of drug-likeness (QED) is 0.429. The van der Waals surface area contributed by atoms with Crippen LogP contribution in [0.2, 0.25) is 0 Å². The standard InChI is InChI=1S/C26H22N2O6/c1-16(28-24(30)20-13-6-7-14-21(20)25(28)31)26(32)34-22(17-9-4-3-5-10-17)23(29)27-18-11-8-12-19(15-18)33-2/h3-16,22H,1-2H3,(H,27,29). The average molecular weight is 458 g/mol. The van der Waals surface area contributed by atoms with Gasteiger partial charge in [0.2, 0.25) is 6.10 Å². The van der Waals surface area contributed by atoms with Crippen LogP contribution in [0.5, 0.6) is 5.75 Å². The zero-order valence-corrected chi connectivity index (χ0v) is 18.6. The SMILES string of the molecule is COc1cccc(NC(=O)C(OC(=O)C(C)N2C(=O)c3ccccc3C2=O)c2ccccc2)c1. The van der Waals surface area contributed by atoms with Gasteiger partial charge in [0.05, 0.1) is 18.2 Å². The van der Waals surface area contributed by atoms with Crippen LogP contribution >= 0.6 is 0 Å². The Bertz CT molecular complexity index is 1220. The highest BCUT2D eigenvalue weighted by Gasteiger charge is 2.42. The number of benzene rings is 3. The van der Waals surface area contributed by atoms with E-state index >= 15 is 0 Å².